The van der Waals surface area contributed by atoms with Gasteiger partial charge in [-0.15, -0.1) is 11.3 Å². The normalized spacial score (nSPS) is 15.7. The number of para-hydroxylation sites is 2. The molecule has 3 aromatic rings. The number of carbonyl (C=O) groups is 2. The van der Waals surface area contributed by atoms with Crippen molar-refractivity contribution in [2.24, 2.45) is 0 Å². The van der Waals surface area contributed by atoms with Gasteiger partial charge in [-0.25, -0.2) is 4.98 Å². The van der Waals surface area contributed by atoms with Gasteiger partial charge in [-0.1, -0.05) is 18.2 Å². The molecule has 2 aliphatic heterocycles. The van der Waals surface area contributed by atoms with E-state index in [2.05, 4.69) is 9.88 Å². The van der Waals surface area contributed by atoms with Crippen LogP contribution in [0, 0.1) is 6.92 Å². The molecule has 0 spiro atoms. The average molecular weight is 479 g/mol. The Morgan fingerprint density at radius 1 is 1.12 bits per heavy atom. The van der Waals surface area contributed by atoms with Crippen LogP contribution in [0.5, 0.6) is 11.5 Å². The Morgan fingerprint density at radius 3 is 2.71 bits per heavy atom. The van der Waals surface area contributed by atoms with Gasteiger partial charge < -0.3 is 19.3 Å². The Balaban J connectivity index is 1.24. The van der Waals surface area contributed by atoms with Crippen LogP contribution >= 0.6 is 11.3 Å². The Kier molecular flexibility index (Phi) is 6.10. The van der Waals surface area contributed by atoms with Gasteiger partial charge in [-0.05, 0) is 36.8 Å². The van der Waals surface area contributed by atoms with Crippen LogP contribution in [0.2, 0.25) is 0 Å². The number of aromatic nitrogens is 1. The van der Waals surface area contributed by atoms with Gasteiger partial charge >= 0.3 is 0 Å². The van der Waals surface area contributed by atoms with Crippen LogP contribution in [-0.2, 0) is 11.3 Å². The van der Waals surface area contributed by atoms with Crippen molar-refractivity contribution in [1.82, 2.24) is 9.88 Å². The molecular formula is C25H26N4O4S. The summed E-state index contributed by atoms with van der Waals surface area (Å²) in [5, 5.41) is 2.50. The Bertz CT molecular complexity index is 1220. The largest absolute Gasteiger partial charge is 0.495 e. The molecule has 3 heterocycles. The molecule has 0 unspecified atom stereocenters. The fourth-order valence-corrected chi connectivity index (χ4v) is 5.06. The molecule has 0 radical (unpaired) electrons. The minimum absolute atomic E-state index is 0.00406. The van der Waals surface area contributed by atoms with Gasteiger partial charge in [-0.2, -0.15) is 0 Å². The van der Waals surface area contributed by atoms with Crippen LogP contribution in [0.4, 0.5) is 11.4 Å². The number of rotatable bonds is 5. The molecule has 1 fully saturated rings. The summed E-state index contributed by atoms with van der Waals surface area (Å²) in [6, 6.07) is 13.7. The van der Waals surface area contributed by atoms with Crippen molar-refractivity contribution in [3.63, 3.8) is 0 Å². The minimum atomic E-state index is -0.119. The van der Waals surface area contributed by atoms with E-state index in [-0.39, 0.29) is 18.4 Å². The number of amides is 2. The van der Waals surface area contributed by atoms with Crippen molar-refractivity contribution >= 4 is 34.5 Å². The monoisotopic (exact) mass is 478 g/mol. The number of anilines is 2. The van der Waals surface area contributed by atoms with E-state index >= 15 is 0 Å². The number of benzene rings is 2. The van der Waals surface area contributed by atoms with E-state index in [0.29, 0.717) is 31.1 Å². The molecule has 1 aromatic heterocycles. The molecule has 0 aliphatic carbocycles. The molecule has 2 amide bonds. The van der Waals surface area contributed by atoms with Crippen molar-refractivity contribution in [2.45, 2.75) is 13.5 Å². The lowest BCUT2D eigenvalue weighted by atomic mass is 10.1. The molecule has 176 valence electrons. The van der Waals surface area contributed by atoms with Crippen molar-refractivity contribution in [3.8, 4) is 11.5 Å². The van der Waals surface area contributed by atoms with Gasteiger partial charge in [0.05, 0.1) is 25.0 Å². The first-order valence-electron chi connectivity index (χ1n) is 11.2. The maximum absolute atomic E-state index is 13.1. The summed E-state index contributed by atoms with van der Waals surface area (Å²) in [6.07, 6.45) is 0. The van der Waals surface area contributed by atoms with E-state index in [9.17, 15) is 9.59 Å². The highest BCUT2D eigenvalue weighted by Gasteiger charge is 2.28. The Morgan fingerprint density at radius 2 is 1.91 bits per heavy atom. The van der Waals surface area contributed by atoms with Crippen molar-refractivity contribution in [2.75, 3.05) is 49.7 Å². The molecular weight excluding hydrogens is 452 g/mol. The van der Waals surface area contributed by atoms with Crippen LogP contribution in [0.1, 0.15) is 21.1 Å². The third-order valence-electron chi connectivity index (χ3n) is 6.12. The first-order valence-corrected chi connectivity index (χ1v) is 12.1. The Labute approximate surface area is 202 Å². The zero-order valence-electron chi connectivity index (χ0n) is 19.2. The minimum Gasteiger partial charge on any atom is -0.495 e. The topological polar surface area (TPSA) is 75.2 Å². The molecule has 2 aliphatic rings. The molecule has 9 heteroatoms. The molecule has 0 N–H and O–H groups in total. The maximum atomic E-state index is 13.1. The maximum Gasteiger partial charge on any atom is 0.273 e. The van der Waals surface area contributed by atoms with Crippen LogP contribution in [0.3, 0.4) is 0 Å². The van der Waals surface area contributed by atoms with Crippen LogP contribution in [-0.4, -0.2) is 61.6 Å². The Hall–Kier alpha value is -3.59. The molecule has 0 atom stereocenters. The highest BCUT2D eigenvalue weighted by molar-refractivity contribution is 7.09. The molecule has 2 aromatic carbocycles. The summed E-state index contributed by atoms with van der Waals surface area (Å²) in [5.41, 5.74) is 3.27. The predicted octanol–water partition coefficient (Wildman–Crippen LogP) is 3.35. The molecule has 1 saturated heterocycles. The second-order valence-electron chi connectivity index (χ2n) is 8.32. The highest BCUT2D eigenvalue weighted by atomic mass is 32.1. The fraction of sp³-hybridized carbons (Fsp3) is 0.320. The number of carbonyl (C=O) groups excluding carboxylic acids is 2. The highest BCUT2D eigenvalue weighted by Crippen LogP contribution is 2.34. The predicted molar refractivity (Wildman–Crippen MR) is 131 cm³/mol. The number of nitrogens with zero attached hydrogens (tertiary/aromatic N) is 4. The summed E-state index contributed by atoms with van der Waals surface area (Å²) in [4.78, 5) is 35.9. The van der Waals surface area contributed by atoms with Gasteiger partial charge in [-0.3, -0.25) is 14.5 Å². The zero-order valence-corrected chi connectivity index (χ0v) is 20.0. The summed E-state index contributed by atoms with van der Waals surface area (Å²) in [7, 11) is 1.67. The number of hydrogen-bond donors (Lipinski definition) is 0. The second kappa shape index (κ2) is 9.34. The van der Waals surface area contributed by atoms with E-state index < -0.39 is 0 Å². The van der Waals surface area contributed by atoms with E-state index in [4.69, 9.17) is 9.47 Å². The number of methoxy groups -OCH3 is 1. The van der Waals surface area contributed by atoms with Gasteiger partial charge in [0.25, 0.3) is 11.8 Å². The summed E-state index contributed by atoms with van der Waals surface area (Å²) >= 11 is 1.40. The molecule has 5 rings (SSSR count). The van der Waals surface area contributed by atoms with E-state index in [1.807, 2.05) is 54.3 Å². The smallest absolute Gasteiger partial charge is 0.273 e. The lowest BCUT2D eigenvalue weighted by Gasteiger charge is -2.36. The third-order valence-corrected chi connectivity index (χ3v) is 6.95. The third kappa shape index (κ3) is 4.31. The number of hydrogen-bond acceptors (Lipinski definition) is 7. The zero-order chi connectivity index (χ0) is 23.7. The fourth-order valence-electron chi connectivity index (χ4n) is 4.31. The number of fused-ring (bicyclic) bond motifs is 1. The molecule has 34 heavy (non-hydrogen) atoms. The van der Waals surface area contributed by atoms with Crippen molar-refractivity contribution in [1.29, 1.82) is 0 Å². The first-order chi connectivity index (χ1) is 16.5. The van der Waals surface area contributed by atoms with Crippen molar-refractivity contribution in [3.05, 3.63) is 64.1 Å². The standard InChI is InChI=1S/C25H26N4O4S/c1-17-7-8-20-22(13-17)33-15-24(30)29(20)14-23-26-18(16-34-23)25(31)28-11-9-27(10-12-28)19-5-3-4-6-21(19)32-2/h3-8,13,16H,9-12,14-15H2,1-2H3. The number of aryl methyl sites for hydroxylation is 1. The van der Waals surface area contributed by atoms with Gasteiger partial charge in [0, 0.05) is 31.6 Å². The number of piperazine rings is 1. The number of thiazole rings is 1. The van der Waals surface area contributed by atoms with Gasteiger partial charge in [0.15, 0.2) is 6.61 Å². The van der Waals surface area contributed by atoms with E-state index in [1.54, 1.807) is 17.4 Å². The van der Waals surface area contributed by atoms with Crippen LogP contribution in [0.25, 0.3) is 0 Å². The van der Waals surface area contributed by atoms with Crippen LogP contribution < -0.4 is 19.3 Å². The number of ether oxygens (including phenoxy) is 2. The van der Waals surface area contributed by atoms with Crippen molar-refractivity contribution < 1.29 is 19.1 Å². The average Bonchev–Trinajstić information content (AvgIpc) is 3.34. The van der Waals surface area contributed by atoms with Crippen LogP contribution in [0.15, 0.2) is 47.8 Å². The second-order valence-corrected chi connectivity index (χ2v) is 9.26. The lowest BCUT2D eigenvalue weighted by molar-refractivity contribution is -0.121. The molecule has 8 nitrogen and oxygen atoms in total. The van der Waals surface area contributed by atoms with Gasteiger partial charge in [0.1, 0.15) is 22.2 Å². The molecule has 0 saturated carbocycles. The SMILES string of the molecule is COc1ccccc1N1CCN(C(=O)c2csc(CN3C(=O)COc4cc(C)ccc43)n2)CC1. The summed E-state index contributed by atoms with van der Waals surface area (Å²) in [6.45, 7) is 4.97. The quantitative estimate of drug-likeness (QED) is 0.560. The van der Waals surface area contributed by atoms with E-state index in [1.165, 1.54) is 11.3 Å². The lowest BCUT2D eigenvalue weighted by Crippen LogP contribution is -2.49. The summed E-state index contributed by atoms with van der Waals surface area (Å²) in [5.74, 6) is 1.33. The molecule has 0 bridgehead atoms. The van der Waals surface area contributed by atoms with E-state index in [0.717, 1.165) is 40.8 Å². The summed E-state index contributed by atoms with van der Waals surface area (Å²) < 4.78 is 11.1. The van der Waals surface area contributed by atoms with Gasteiger partial charge in [0.2, 0.25) is 0 Å². The first kappa shape index (κ1) is 22.2.